The molecule has 0 aliphatic heterocycles. The van der Waals surface area contributed by atoms with Crippen LogP contribution in [0.2, 0.25) is 0 Å². The number of alkyl carbamates (subject to hydrolysis) is 1. The summed E-state index contributed by atoms with van der Waals surface area (Å²) in [5.41, 5.74) is -0.512. The molecule has 1 aromatic heterocycles. The van der Waals surface area contributed by atoms with Crippen molar-refractivity contribution in [1.29, 1.82) is 0 Å². The number of nitrogens with one attached hydrogen (secondary N) is 1. The van der Waals surface area contributed by atoms with E-state index in [1.54, 1.807) is 0 Å². The highest BCUT2D eigenvalue weighted by molar-refractivity contribution is 5.69. The SMILES string of the molecule is CC(C)(C)OC(=O)NCCOCCOCCOCCOCCOCCOCCOC(=O)n1ccnc1. The summed E-state index contributed by atoms with van der Waals surface area (Å²) in [5.74, 6) is 0. The summed E-state index contributed by atoms with van der Waals surface area (Å²) < 4.78 is 43.7. The quantitative estimate of drug-likeness (QED) is 0.236. The number of hydrogen-bond donors (Lipinski definition) is 1. The Labute approximate surface area is 212 Å². The van der Waals surface area contributed by atoms with Crippen LogP contribution in [0.25, 0.3) is 0 Å². The second-order valence-corrected chi connectivity index (χ2v) is 8.19. The molecule has 0 fully saturated rings. The van der Waals surface area contributed by atoms with Gasteiger partial charge in [-0.2, -0.15) is 0 Å². The summed E-state index contributed by atoms with van der Waals surface area (Å²) in [7, 11) is 0. The van der Waals surface area contributed by atoms with Gasteiger partial charge >= 0.3 is 12.2 Å². The van der Waals surface area contributed by atoms with Crippen molar-refractivity contribution < 1.29 is 47.5 Å². The van der Waals surface area contributed by atoms with E-state index < -0.39 is 17.8 Å². The molecule has 1 amide bonds. The molecule has 0 spiro atoms. The van der Waals surface area contributed by atoms with Crippen molar-refractivity contribution in [1.82, 2.24) is 14.9 Å². The summed E-state index contributed by atoms with van der Waals surface area (Å²) in [6.45, 7) is 11.1. The molecule has 13 heteroatoms. The standard InChI is InChI=1S/C23H41N3O10/c1-23(2,3)36-21(27)25-5-7-29-8-9-30-10-11-31-12-13-32-14-15-33-16-17-34-18-19-35-22(28)26-6-4-24-20-26/h4,6,20H,5,7-19H2,1-3H3,(H,25,27). The van der Waals surface area contributed by atoms with Gasteiger partial charge in [0.05, 0.1) is 79.3 Å². The number of hydrogen-bond acceptors (Lipinski definition) is 11. The van der Waals surface area contributed by atoms with E-state index in [1.807, 2.05) is 20.8 Å². The van der Waals surface area contributed by atoms with E-state index in [-0.39, 0.29) is 6.61 Å². The lowest BCUT2D eigenvalue weighted by molar-refractivity contribution is -0.0184. The van der Waals surface area contributed by atoms with Crippen molar-refractivity contribution >= 4 is 12.2 Å². The number of amides is 1. The fourth-order valence-electron chi connectivity index (χ4n) is 2.37. The van der Waals surface area contributed by atoms with Crippen LogP contribution in [0, 0.1) is 0 Å². The van der Waals surface area contributed by atoms with Crippen molar-refractivity contribution in [3.8, 4) is 0 Å². The number of nitrogens with zero attached hydrogens (tertiary/aromatic N) is 2. The Morgan fingerprint density at radius 2 is 1.17 bits per heavy atom. The Hall–Kier alpha value is -2.29. The fourth-order valence-corrected chi connectivity index (χ4v) is 2.37. The first-order valence-corrected chi connectivity index (χ1v) is 12.0. The second-order valence-electron chi connectivity index (χ2n) is 8.19. The molecule has 0 radical (unpaired) electrons. The normalized spacial score (nSPS) is 11.4. The molecule has 0 aromatic carbocycles. The van der Waals surface area contributed by atoms with E-state index >= 15 is 0 Å². The molecule has 0 atom stereocenters. The zero-order chi connectivity index (χ0) is 26.3. The van der Waals surface area contributed by atoms with Crippen LogP contribution in [0.5, 0.6) is 0 Å². The Bertz CT molecular complexity index is 668. The first-order valence-electron chi connectivity index (χ1n) is 12.0. The summed E-state index contributed by atoms with van der Waals surface area (Å²) >= 11 is 0. The third-order valence-corrected chi connectivity index (χ3v) is 3.94. The zero-order valence-electron chi connectivity index (χ0n) is 21.6. The van der Waals surface area contributed by atoms with Crippen molar-refractivity contribution in [3.63, 3.8) is 0 Å². The Kier molecular flexibility index (Phi) is 18.4. The predicted molar refractivity (Wildman–Crippen MR) is 128 cm³/mol. The van der Waals surface area contributed by atoms with Gasteiger partial charge < -0.3 is 43.2 Å². The average molecular weight is 520 g/mol. The summed E-state index contributed by atoms with van der Waals surface area (Å²) in [5, 5.41) is 2.62. The number of rotatable bonds is 21. The molecule has 36 heavy (non-hydrogen) atoms. The highest BCUT2D eigenvalue weighted by Crippen LogP contribution is 2.06. The smallest absolute Gasteiger partial charge is 0.419 e. The molecule has 0 bridgehead atoms. The molecule has 1 aromatic rings. The first-order chi connectivity index (χ1) is 17.4. The van der Waals surface area contributed by atoms with Crippen LogP contribution in [0.4, 0.5) is 9.59 Å². The maximum Gasteiger partial charge on any atom is 0.419 e. The topological polar surface area (TPSA) is 138 Å². The molecule has 0 saturated carbocycles. The van der Waals surface area contributed by atoms with Gasteiger partial charge in [-0.25, -0.2) is 19.1 Å². The van der Waals surface area contributed by atoms with E-state index in [9.17, 15) is 9.59 Å². The van der Waals surface area contributed by atoms with E-state index in [0.717, 1.165) is 0 Å². The van der Waals surface area contributed by atoms with Crippen LogP contribution < -0.4 is 5.32 Å². The molecule has 1 heterocycles. The maximum absolute atomic E-state index is 11.5. The molecule has 1 N–H and O–H groups in total. The number of ether oxygens (including phenoxy) is 8. The van der Waals surface area contributed by atoms with Gasteiger partial charge in [-0.3, -0.25) is 0 Å². The van der Waals surface area contributed by atoms with Crippen LogP contribution in [0.3, 0.4) is 0 Å². The van der Waals surface area contributed by atoms with Gasteiger partial charge in [0.2, 0.25) is 0 Å². The molecule has 208 valence electrons. The Morgan fingerprint density at radius 3 is 1.58 bits per heavy atom. The number of carbonyl (C=O) groups excluding carboxylic acids is 2. The summed E-state index contributed by atoms with van der Waals surface area (Å²) in [6, 6.07) is 0. The zero-order valence-corrected chi connectivity index (χ0v) is 21.6. The fraction of sp³-hybridized carbons (Fsp3) is 0.783. The highest BCUT2D eigenvalue weighted by atomic mass is 16.6. The van der Waals surface area contributed by atoms with Crippen LogP contribution in [-0.2, 0) is 37.9 Å². The Balaban J connectivity index is 1.69. The molecular formula is C23H41N3O10. The third-order valence-electron chi connectivity index (χ3n) is 3.94. The maximum atomic E-state index is 11.5. The highest BCUT2D eigenvalue weighted by Gasteiger charge is 2.15. The van der Waals surface area contributed by atoms with Crippen LogP contribution in [0.1, 0.15) is 20.8 Å². The van der Waals surface area contributed by atoms with Crippen LogP contribution in [-0.4, -0.2) is 120 Å². The van der Waals surface area contributed by atoms with Gasteiger partial charge in [0.15, 0.2) is 0 Å². The largest absolute Gasteiger partial charge is 0.446 e. The lowest BCUT2D eigenvalue weighted by Gasteiger charge is -2.19. The molecule has 0 aliphatic carbocycles. The number of carbonyl (C=O) groups is 2. The minimum atomic E-state index is -0.512. The molecule has 0 aliphatic rings. The van der Waals surface area contributed by atoms with Crippen molar-refractivity contribution in [2.45, 2.75) is 26.4 Å². The van der Waals surface area contributed by atoms with Gasteiger partial charge in [-0.15, -0.1) is 0 Å². The van der Waals surface area contributed by atoms with Crippen molar-refractivity contribution in [2.75, 3.05) is 92.4 Å². The Morgan fingerprint density at radius 1 is 0.722 bits per heavy atom. The second kappa shape index (κ2) is 20.9. The molecule has 0 unspecified atom stereocenters. The van der Waals surface area contributed by atoms with Gasteiger partial charge in [0, 0.05) is 18.9 Å². The average Bonchev–Trinajstić information content (AvgIpc) is 3.36. The molecule has 1 rings (SSSR count). The monoisotopic (exact) mass is 519 g/mol. The molecular weight excluding hydrogens is 478 g/mol. The minimum absolute atomic E-state index is 0.161. The van der Waals surface area contributed by atoms with Gasteiger partial charge in [-0.05, 0) is 20.8 Å². The van der Waals surface area contributed by atoms with Crippen molar-refractivity contribution in [2.24, 2.45) is 0 Å². The number of imidazole rings is 1. The summed E-state index contributed by atoms with van der Waals surface area (Å²) in [4.78, 5) is 26.7. The van der Waals surface area contributed by atoms with Crippen molar-refractivity contribution in [3.05, 3.63) is 18.7 Å². The minimum Gasteiger partial charge on any atom is -0.446 e. The van der Waals surface area contributed by atoms with E-state index in [1.165, 1.54) is 23.3 Å². The van der Waals surface area contributed by atoms with E-state index in [2.05, 4.69) is 10.3 Å². The van der Waals surface area contributed by atoms with Gasteiger partial charge in [0.25, 0.3) is 0 Å². The molecule has 13 nitrogen and oxygen atoms in total. The lowest BCUT2D eigenvalue weighted by atomic mass is 10.2. The third kappa shape index (κ3) is 20.0. The number of aromatic nitrogens is 2. The first kappa shape index (κ1) is 31.7. The van der Waals surface area contributed by atoms with Crippen LogP contribution in [0.15, 0.2) is 18.7 Å². The van der Waals surface area contributed by atoms with E-state index in [0.29, 0.717) is 85.8 Å². The predicted octanol–water partition coefficient (Wildman–Crippen LogP) is 1.49. The molecule has 0 saturated heterocycles. The van der Waals surface area contributed by atoms with Crippen LogP contribution >= 0.6 is 0 Å². The summed E-state index contributed by atoms with van der Waals surface area (Å²) in [6.07, 6.45) is 3.44. The van der Waals surface area contributed by atoms with Gasteiger partial charge in [-0.1, -0.05) is 0 Å². The lowest BCUT2D eigenvalue weighted by Crippen LogP contribution is -2.34. The van der Waals surface area contributed by atoms with E-state index in [4.69, 9.17) is 37.9 Å². The van der Waals surface area contributed by atoms with Gasteiger partial charge in [0.1, 0.15) is 18.5 Å².